The van der Waals surface area contributed by atoms with Crippen LogP contribution in [0.25, 0.3) is 0 Å². The highest BCUT2D eigenvalue weighted by atomic mass is 32.1. The summed E-state index contributed by atoms with van der Waals surface area (Å²) in [7, 11) is 1.53. The van der Waals surface area contributed by atoms with Crippen molar-refractivity contribution in [3.8, 4) is 5.75 Å². The maximum Gasteiger partial charge on any atom is 0.339 e. The molecule has 0 radical (unpaired) electrons. The summed E-state index contributed by atoms with van der Waals surface area (Å²) in [5.74, 6) is 0.391. The summed E-state index contributed by atoms with van der Waals surface area (Å²) >= 11 is 1.61. The predicted octanol–water partition coefficient (Wildman–Crippen LogP) is 3.68. The van der Waals surface area contributed by atoms with Crippen LogP contribution in [0.15, 0.2) is 29.6 Å². The molecule has 132 valence electrons. The van der Waals surface area contributed by atoms with Gasteiger partial charge in [-0.05, 0) is 42.9 Å². The predicted molar refractivity (Wildman–Crippen MR) is 97.4 cm³/mol. The summed E-state index contributed by atoms with van der Waals surface area (Å²) in [5, 5.41) is 4.54. The standard InChI is InChI=1S/C19H21NO4S/c1-12-7-8-13-14(11-25-17(13)9-12)19(22)24-10-18(21)20-15-5-3-4-6-16(15)23-2/h3-6,11-12H,7-10H2,1-2H3,(H,20,21). The minimum atomic E-state index is -0.428. The number of carbonyl (C=O) groups is 2. The number of rotatable bonds is 5. The van der Waals surface area contributed by atoms with Crippen molar-refractivity contribution in [3.05, 3.63) is 45.6 Å². The second-order valence-corrected chi connectivity index (χ2v) is 7.19. The Morgan fingerprint density at radius 3 is 2.92 bits per heavy atom. The highest BCUT2D eigenvalue weighted by Crippen LogP contribution is 2.33. The largest absolute Gasteiger partial charge is 0.495 e. The fraction of sp³-hybridized carbons (Fsp3) is 0.368. The molecule has 0 saturated heterocycles. The van der Waals surface area contributed by atoms with Crippen molar-refractivity contribution < 1.29 is 19.1 Å². The summed E-state index contributed by atoms with van der Waals surface area (Å²) in [6.45, 7) is 1.90. The number of ether oxygens (including phenoxy) is 2. The van der Waals surface area contributed by atoms with Crippen molar-refractivity contribution >= 4 is 28.9 Å². The number of para-hydroxylation sites is 2. The number of thiophene rings is 1. The molecule has 1 aromatic carbocycles. The normalized spacial score (nSPS) is 16.0. The van der Waals surface area contributed by atoms with Crippen LogP contribution in [-0.2, 0) is 22.4 Å². The molecule has 6 heteroatoms. The van der Waals surface area contributed by atoms with E-state index < -0.39 is 11.9 Å². The van der Waals surface area contributed by atoms with Crippen LogP contribution < -0.4 is 10.1 Å². The van der Waals surface area contributed by atoms with Gasteiger partial charge in [-0.2, -0.15) is 0 Å². The molecule has 3 rings (SSSR count). The van der Waals surface area contributed by atoms with E-state index in [0.717, 1.165) is 24.8 Å². The van der Waals surface area contributed by atoms with Crippen LogP contribution >= 0.6 is 11.3 Å². The van der Waals surface area contributed by atoms with Crippen molar-refractivity contribution in [1.82, 2.24) is 0 Å². The maximum absolute atomic E-state index is 12.3. The SMILES string of the molecule is COc1ccccc1NC(=O)COC(=O)c1csc2c1CCC(C)C2. The van der Waals surface area contributed by atoms with Gasteiger partial charge in [0.15, 0.2) is 6.61 Å². The summed E-state index contributed by atoms with van der Waals surface area (Å²) in [6, 6.07) is 7.09. The van der Waals surface area contributed by atoms with E-state index in [1.165, 1.54) is 12.0 Å². The Kier molecular flexibility index (Phi) is 5.38. The number of esters is 1. The Hall–Kier alpha value is -2.34. The van der Waals surface area contributed by atoms with Gasteiger partial charge >= 0.3 is 5.97 Å². The summed E-state index contributed by atoms with van der Waals surface area (Å²) in [4.78, 5) is 25.6. The monoisotopic (exact) mass is 359 g/mol. The van der Waals surface area contributed by atoms with Gasteiger partial charge < -0.3 is 14.8 Å². The lowest BCUT2D eigenvalue weighted by Crippen LogP contribution is -2.22. The zero-order chi connectivity index (χ0) is 17.8. The topological polar surface area (TPSA) is 64.6 Å². The number of carbonyl (C=O) groups excluding carboxylic acids is 2. The third-order valence-electron chi connectivity index (χ3n) is 4.34. The van der Waals surface area contributed by atoms with Crippen molar-refractivity contribution in [2.45, 2.75) is 26.2 Å². The van der Waals surface area contributed by atoms with Gasteiger partial charge in [0.2, 0.25) is 0 Å². The van der Waals surface area contributed by atoms with E-state index in [1.807, 2.05) is 11.4 Å². The quantitative estimate of drug-likeness (QED) is 0.827. The third-order valence-corrected chi connectivity index (χ3v) is 5.39. The Morgan fingerprint density at radius 1 is 1.32 bits per heavy atom. The lowest BCUT2D eigenvalue weighted by atomic mass is 9.88. The van der Waals surface area contributed by atoms with Crippen LogP contribution in [0.3, 0.4) is 0 Å². The zero-order valence-electron chi connectivity index (χ0n) is 14.3. The summed E-state index contributed by atoms with van der Waals surface area (Å²) in [6.07, 6.45) is 3.00. The molecule has 1 amide bonds. The minimum Gasteiger partial charge on any atom is -0.495 e. The molecule has 1 atom stereocenters. The van der Waals surface area contributed by atoms with Crippen molar-refractivity contribution in [2.24, 2.45) is 5.92 Å². The molecule has 0 aliphatic heterocycles. The molecule has 0 bridgehead atoms. The van der Waals surface area contributed by atoms with E-state index in [9.17, 15) is 9.59 Å². The van der Waals surface area contributed by atoms with E-state index in [4.69, 9.17) is 9.47 Å². The fourth-order valence-electron chi connectivity index (χ4n) is 2.99. The van der Waals surface area contributed by atoms with Gasteiger partial charge in [-0.15, -0.1) is 11.3 Å². The second kappa shape index (κ2) is 7.70. The van der Waals surface area contributed by atoms with E-state index in [2.05, 4.69) is 12.2 Å². The maximum atomic E-state index is 12.3. The molecule has 1 aliphatic carbocycles. The molecule has 1 aromatic heterocycles. The number of fused-ring (bicyclic) bond motifs is 1. The van der Waals surface area contributed by atoms with Gasteiger partial charge in [0, 0.05) is 10.3 Å². The van der Waals surface area contributed by atoms with Crippen LogP contribution in [0, 0.1) is 5.92 Å². The molecule has 1 heterocycles. The van der Waals surface area contributed by atoms with E-state index >= 15 is 0 Å². The molecular weight excluding hydrogens is 338 g/mol. The first kappa shape index (κ1) is 17.5. The molecule has 25 heavy (non-hydrogen) atoms. The Bertz CT molecular complexity index is 783. The van der Waals surface area contributed by atoms with Gasteiger partial charge in [-0.1, -0.05) is 19.1 Å². The van der Waals surface area contributed by atoms with E-state index in [1.54, 1.807) is 29.5 Å². The van der Waals surface area contributed by atoms with Crippen molar-refractivity contribution in [2.75, 3.05) is 19.0 Å². The Balaban J connectivity index is 1.58. The smallest absolute Gasteiger partial charge is 0.339 e. The molecular formula is C19H21NO4S. The van der Waals surface area contributed by atoms with Crippen LogP contribution in [0.1, 0.15) is 34.1 Å². The van der Waals surface area contributed by atoms with Gasteiger partial charge in [-0.25, -0.2) is 4.79 Å². The molecule has 0 fully saturated rings. The first-order valence-corrected chi connectivity index (χ1v) is 9.15. The second-order valence-electron chi connectivity index (χ2n) is 6.22. The van der Waals surface area contributed by atoms with Gasteiger partial charge in [-0.3, -0.25) is 4.79 Å². The van der Waals surface area contributed by atoms with Crippen molar-refractivity contribution in [1.29, 1.82) is 0 Å². The van der Waals surface area contributed by atoms with E-state index in [0.29, 0.717) is 22.9 Å². The highest BCUT2D eigenvalue weighted by Gasteiger charge is 2.24. The third kappa shape index (κ3) is 4.02. The molecule has 2 aromatic rings. The Morgan fingerprint density at radius 2 is 2.12 bits per heavy atom. The molecule has 0 saturated carbocycles. The number of hydrogen-bond donors (Lipinski definition) is 1. The highest BCUT2D eigenvalue weighted by molar-refractivity contribution is 7.10. The Labute approximate surface area is 151 Å². The number of hydrogen-bond acceptors (Lipinski definition) is 5. The molecule has 1 unspecified atom stereocenters. The molecule has 5 nitrogen and oxygen atoms in total. The van der Waals surface area contributed by atoms with Crippen LogP contribution in [0.4, 0.5) is 5.69 Å². The van der Waals surface area contributed by atoms with Crippen LogP contribution in [0.2, 0.25) is 0 Å². The van der Waals surface area contributed by atoms with E-state index in [-0.39, 0.29) is 6.61 Å². The molecule has 0 spiro atoms. The minimum absolute atomic E-state index is 0.322. The average molecular weight is 359 g/mol. The summed E-state index contributed by atoms with van der Waals surface area (Å²) in [5.41, 5.74) is 2.25. The zero-order valence-corrected chi connectivity index (χ0v) is 15.2. The van der Waals surface area contributed by atoms with Crippen LogP contribution in [-0.4, -0.2) is 25.6 Å². The number of anilines is 1. The number of benzene rings is 1. The first-order chi connectivity index (χ1) is 12.1. The fourth-order valence-corrected chi connectivity index (χ4v) is 4.23. The summed E-state index contributed by atoms with van der Waals surface area (Å²) < 4.78 is 10.4. The first-order valence-electron chi connectivity index (χ1n) is 8.27. The lowest BCUT2D eigenvalue weighted by Gasteiger charge is -2.18. The van der Waals surface area contributed by atoms with Crippen LogP contribution in [0.5, 0.6) is 5.75 Å². The number of nitrogens with one attached hydrogen (secondary N) is 1. The van der Waals surface area contributed by atoms with Gasteiger partial charge in [0.1, 0.15) is 5.75 Å². The average Bonchev–Trinajstić information content (AvgIpc) is 3.03. The van der Waals surface area contributed by atoms with Gasteiger partial charge in [0.05, 0.1) is 18.4 Å². The lowest BCUT2D eigenvalue weighted by molar-refractivity contribution is -0.119. The van der Waals surface area contributed by atoms with Crippen molar-refractivity contribution in [3.63, 3.8) is 0 Å². The molecule has 1 aliphatic rings. The number of amides is 1. The van der Waals surface area contributed by atoms with Gasteiger partial charge in [0.25, 0.3) is 5.91 Å². The molecule has 1 N–H and O–H groups in total. The number of methoxy groups -OCH3 is 1.